The van der Waals surface area contributed by atoms with E-state index < -0.39 is 0 Å². The van der Waals surface area contributed by atoms with Crippen molar-refractivity contribution in [2.75, 3.05) is 5.73 Å². The minimum absolute atomic E-state index is 0.696. The van der Waals surface area contributed by atoms with Crippen molar-refractivity contribution in [2.24, 2.45) is 7.05 Å². The summed E-state index contributed by atoms with van der Waals surface area (Å²) in [6, 6.07) is 6.22. The second-order valence-electron chi connectivity index (χ2n) is 3.34. The molecule has 0 aliphatic rings. The van der Waals surface area contributed by atoms with E-state index in [4.69, 9.17) is 5.73 Å². The molecular weight excluding hydrogens is 226 g/mol. The number of fused-ring (bicyclic) bond motifs is 1. The van der Waals surface area contributed by atoms with Crippen LogP contribution in [-0.4, -0.2) is 9.78 Å². The highest BCUT2D eigenvalue weighted by atomic mass is 32.1. The molecule has 3 heterocycles. The molecule has 3 aromatic rings. The number of nitrogens with two attached hydrogens (primary N) is 1. The van der Waals surface area contributed by atoms with E-state index in [9.17, 15) is 0 Å². The Morgan fingerprint density at radius 3 is 2.87 bits per heavy atom. The molecule has 0 bridgehead atoms. The monoisotopic (exact) mass is 235 g/mol. The zero-order valence-electron chi connectivity index (χ0n) is 8.10. The number of rotatable bonds is 1. The van der Waals surface area contributed by atoms with E-state index in [1.807, 2.05) is 13.1 Å². The first kappa shape index (κ1) is 8.94. The molecule has 0 saturated heterocycles. The fraction of sp³-hybridized carbons (Fsp3) is 0.100. The molecule has 0 atom stereocenters. The van der Waals surface area contributed by atoms with Crippen molar-refractivity contribution in [1.29, 1.82) is 0 Å². The van der Waals surface area contributed by atoms with Crippen molar-refractivity contribution in [3.05, 3.63) is 23.6 Å². The number of thiophene rings is 2. The Labute approximate surface area is 94.8 Å². The minimum Gasteiger partial charge on any atom is -0.384 e. The Kier molecular flexibility index (Phi) is 1.83. The van der Waals surface area contributed by atoms with Gasteiger partial charge in [0.05, 0.1) is 4.88 Å². The van der Waals surface area contributed by atoms with Crippen LogP contribution in [0, 0.1) is 0 Å². The lowest BCUT2D eigenvalue weighted by Crippen LogP contribution is -1.96. The third kappa shape index (κ3) is 1.35. The van der Waals surface area contributed by atoms with Crippen molar-refractivity contribution in [1.82, 2.24) is 9.78 Å². The third-order valence-electron chi connectivity index (χ3n) is 2.31. The van der Waals surface area contributed by atoms with E-state index in [-0.39, 0.29) is 0 Å². The maximum Gasteiger partial charge on any atom is 0.121 e. The van der Waals surface area contributed by atoms with Gasteiger partial charge in [-0.3, -0.25) is 4.68 Å². The second kappa shape index (κ2) is 3.08. The Morgan fingerprint density at radius 1 is 1.33 bits per heavy atom. The molecule has 5 heteroatoms. The van der Waals surface area contributed by atoms with Gasteiger partial charge in [-0.15, -0.1) is 22.7 Å². The van der Waals surface area contributed by atoms with Gasteiger partial charge in [0.25, 0.3) is 0 Å². The topological polar surface area (TPSA) is 43.8 Å². The maximum atomic E-state index is 5.76. The molecule has 0 spiro atoms. The van der Waals surface area contributed by atoms with Crippen molar-refractivity contribution >= 4 is 37.9 Å². The van der Waals surface area contributed by atoms with E-state index in [1.165, 1.54) is 14.3 Å². The predicted molar refractivity (Wildman–Crippen MR) is 66.3 cm³/mol. The molecule has 3 rings (SSSR count). The number of aromatic nitrogens is 2. The first-order valence-electron chi connectivity index (χ1n) is 4.51. The van der Waals surface area contributed by atoms with Crippen LogP contribution < -0.4 is 5.73 Å². The van der Waals surface area contributed by atoms with Crippen molar-refractivity contribution < 1.29 is 0 Å². The number of hydrogen-bond acceptors (Lipinski definition) is 4. The molecule has 0 aromatic carbocycles. The van der Waals surface area contributed by atoms with Crippen LogP contribution in [0.2, 0.25) is 0 Å². The number of aryl methyl sites for hydroxylation is 1. The van der Waals surface area contributed by atoms with Gasteiger partial charge in [0, 0.05) is 22.5 Å². The first-order chi connectivity index (χ1) is 7.24. The molecule has 2 N–H and O–H groups in total. The fourth-order valence-electron chi connectivity index (χ4n) is 1.49. The van der Waals surface area contributed by atoms with Gasteiger partial charge in [-0.2, -0.15) is 5.10 Å². The van der Waals surface area contributed by atoms with Gasteiger partial charge in [0.1, 0.15) is 11.5 Å². The highest BCUT2D eigenvalue weighted by Crippen LogP contribution is 2.35. The lowest BCUT2D eigenvalue weighted by molar-refractivity contribution is 0.783. The molecule has 15 heavy (non-hydrogen) atoms. The highest BCUT2D eigenvalue weighted by molar-refractivity contribution is 7.28. The summed E-state index contributed by atoms with van der Waals surface area (Å²) in [6.07, 6.45) is 0. The molecule has 0 fully saturated rings. The average molecular weight is 235 g/mol. The quantitative estimate of drug-likeness (QED) is 0.704. The standard InChI is InChI=1S/C10H9N3S2/c1-13-10(11)4-6(12-13)8-5-9-7(15-8)2-3-14-9/h2-5H,11H2,1H3. The summed E-state index contributed by atoms with van der Waals surface area (Å²) >= 11 is 3.52. The molecular formula is C10H9N3S2. The number of nitrogen functional groups attached to an aromatic ring is 1. The number of anilines is 1. The third-order valence-corrected chi connectivity index (χ3v) is 4.42. The molecule has 0 amide bonds. The molecule has 0 aliphatic carbocycles. The van der Waals surface area contributed by atoms with Gasteiger partial charge >= 0.3 is 0 Å². The Hall–Kier alpha value is -1.33. The molecule has 0 aliphatic heterocycles. The summed E-state index contributed by atoms with van der Waals surface area (Å²) in [7, 11) is 1.86. The van der Waals surface area contributed by atoms with Crippen molar-refractivity contribution in [2.45, 2.75) is 0 Å². The highest BCUT2D eigenvalue weighted by Gasteiger charge is 2.09. The number of nitrogens with zero attached hydrogens (tertiary/aromatic N) is 2. The minimum atomic E-state index is 0.696. The van der Waals surface area contributed by atoms with Gasteiger partial charge in [0.15, 0.2) is 0 Å². The Balaban J connectivity index is 2.17. The van der Waals surface area contributed by atoms with E-state index in [1.54, 1.807) is 27.4 Å². The smallest absolute Gasteiger partial charge is 0.121 e. The van der Waals surface area contributed by atoms with Crippen molar-refractivity contribution in [3.63, 3.8) is 0 Å². The van der Waals surface area contributed by atoms with Gasteiger partial charge in [-0.25, -0.2) is 0 Å². The fourth-order valence-corrected chi connectivity index (χ4v) is 3.56. The number of hydrogen-bond donors (Lipinski definition) is 1. The van der Waals surface area contributed by atoms with Crippen LogP contribution in [-0.2, 0) is 7.05 Å². The van der Waals surface area contributed by atoms with Crippen LogP contribution in [0.25, 0.3) is 20.0 Å². The summed E-state index contributed by atoms with van der Waals surface area (Å²) in [4.78, 5) is 1.18. The lowest BCUT2D eigenvalue weighted by Gasteiger charge is -1.89. The second-order valence-corrected chi connectivity index (χ2v) is 5.37. The largest absolute Gasteiger partial charge is 0.384 e. The van der Waals surface area contributed by atoms with E-state index in [0.29, 0.717) is 5.82 Å². The first-order valence-corrected chi connectivity index (χ1v) is 6.20. The molecule has 0 radical (unpaired) electrons. The molecule has 0 saturated carbocycles. The van der Waals surface area contributed by atoms with E-state index >= 15 is 0 Å². The zero-order chi connectivity index (χ0) is 10.4. The summed E-state index contributed by atoms with van der Waals surface area (Å²) in [5.41, 5.74) is 6.72. The summed E-state index contributed by atoms with van der Waals surface area (Å²) in [5.74, 6) is 0.696. The van der Waals surface area contributed by atoms with Gasteiger partial charge < -0.3 is 5.73 Å². The summed E-state index contributed by atoms with van der Waals surface area (Å²) in [5, 5.41) is 6.47. The molecule has 3 aromatic heterocycles. The Morgan fingerprint density at radius 2 is 2.20 bits per heavy atom. The van der Waals surface area contributed by atoms with E-state index in [0.717, 1.165) is 5.69 Å². The average Bonchev–Trinajstić information content (AvgIpc) is 2.80. The van der Waals surface area contributed by atoms with Crippen LogP contribution >= 0.6 is 22.7 Å². The Bertz CT molecular complexity index is 569. The van der Waals surface area contributed by atoms with Crippen LogP contribution in [0.4, 0.5) is 5.82 Å². The molecule has 3 nitrogen and oxygen atoms in total. The van der Waals surface area contributed by atoms with Gasteiger partial charge in [0.2, 0.25) is 0 Å². The van der Waals surface area contributed by atoms with Crippen LogP contribution in [0.15, 0.2) is 23.6 Å². The maximum absolute atomic E-state index is 5.76. The summed E-state index contributed by atoms with van der Waals surface area (Å²) < 4.78 is 4.34. The summed E-state index contributed by atoms with van der Waals surface area (Å²) in [6.45, 7) is 0. The van der Waals surface area contributed by atoms with Crippen molar-refractivity contribution in [3.8, 4) is 10.6 Å². The van der Waals surface area contributed by atoms with Gasteiger partial charge in [-0.05, 0) is 17.5 Å². The van der Waals surface area contributed by atoms with E-state index in [2.05, 4.69) is 22.6 Å². The molecule has 0 unspecified atom stereocenters. The lowest BCUT2D eigenvalue weighted by atomic mass is 10.3. The van der Waals surface area contributed by atoms with Crippen LogP contribution in [0.1, 0.15) is 0 Å². The van der Waals surface area contributed by atoms with Crippen LogP contribution in [0.3, 0.4) is 0 Å². The van der Waals surface area contributed by atoms with Crippen LogP contribution in [0.5, 0.6) is 0 Å². The predicted octanol–water partition coefficient (Wildman–Crippen LogP) is 2.95. The SMILES string of the molecule is Cn1nc(-c2cc3sccc3s2)cc1N. The normalized spacial score (nSPS) is 11.3. The van der Waals surface area contributed by atoms with Gasteiger partial charge in [-0.1, -0.05) is 0 Å². The zero-order valence-corrected chi connectivity index (χ0v) is 9.73. The molecule has 76 valence electrons.